The SMILES string of the molecule is C[C@@H](O[Si](C)(C)C(C)(C)C)[C@H]1C(=O)N[C@@H]1[C@@](C)(C(=O)O)[13C](=O)O. The zero-order chi connectivity index (χ0) is 18.4. The van der Waals surface area contributed by atoms with E-state index in [-0.39, 0.29) is 10.9 Å². The van der Waals surface area contributed by atoms with Crippen LogP contribution in [0.2, 0.25) is 18.1 Å². The standard InChI is InChI=1S/C15H27NO6Si/c1-8(22-23(6,7)14(2,3)4)9-10(16-11(9)17)15(5,12(18)19)13(20)21/h8-10H,1-7H3,(H,16,17)(H,18,19)(H,20,21)/t8-,9-,10+/m1/s1/i12+1/t8-,9-,10+,15-. The van der Waals surface area contributed by atoms with Crippen LogP contribution in [0.4, 0.5) is 0 Å². The summed E-state index contributed by atoms with van der Waals surface area (Å²) in [5.41, 5.74) is -2.08. The fourth-order valence-corrected chi connectivity index (χ4v) is 3.88. The van der Waals surface area contributed by atoms with Crippen molar-refractivity contribution in [2.75, 3.05) is 0 Å². The van der Waals surface area contributed by atoms with Crippen LogP contribution in [-0.4, -0.2) is 48.5 Å². The maximum absolute atomic E-state index is 11.9. The quantitative estimate of drug-likeness (QED) is 0.292. The third-order valence-electron chi connectivity index (χ3n) is 5.26. The second-order valence-electron chi connectivity index (χ2n) is 7.91. The highest BCUT2D eigenvalue weighted by Crippen LogP contribution is 2.41. The molecule has 0 radical (unpaired) electrons. The Morgan fingerprint density at radius 1 is 1.17 bits per heavy atom. The van der Waals surface area contributed by atoms with Crippen LogP contribution in [0.3, 0.4) is 0 Å². The van der Waals surface area contributed by atoms with Crippen molar-refractivity contribution in [3.05, 3.63) is 0 Å². The van der Waals surface area contributed by atoms with Crippen LogP contribution in [0, 0.1) is 11.3 Å². The van der Waals surface area contributed by atoms with Crippen molar-refractivity contribution in [3.8, 4) is 0 Å². The van der Waals surface area contributed by atoms with E-state index in [0.717, 1.165) is 6.92 Å². The van der Waals surface area contributed by atoms with E-state index in [9.17, 15) is 24.6 Å². The summed E-state index contributed by atoms with van der Waals surface area (Å²) >= 11 is 0. The van der Waals surface area contributed by atoms with Crippen LogP contribution in [0.1, 0.15) is 34.6 Å². The monoisotopic (exact) mass is 346 g/mol. The second-order valence-corrected chi connectivity index (χ2v) is 12.7. The van der Waals surface area contributed by atoms with Gasteiger partial charge < -0.3 is 20.0 Å². The van der Waals surface area contributed by atoms with E-state index in [1.54, 1.807) is 6.92 Å². The van der Waals surface area contributed by atoms with E-state index in [1.165, 1.54) is 0 Å². The van der Waals surface area contributed by atoms with Gasteiger partial charge in [0.1, 0.15) is 0 Å². The molecule has 8 heteroatoms. The Balaban J connectivity index is 3.05. The van der Waals surface area contributed by atoms with Crippen LogP contribution in [0.5, 0.6) is 0 Å². The van der Waals surface area contributed by atoms with E-state index in [1.807, 2.05) is 13.1 Å². The third-order valence-corrected chi connectivity index (χ3v) is 9.84. The number of carbonyl (C=O) groups excluding carboxylic acids is 1. The predicted molar refractivity (Wildman–Crippen MR) is 86.5 cm³/mol. The number of carboxylic acids is 2. The van der Waals surface area contributed by atoms with E-state index < -0.39 is 43.7 Å². The molecule has 0 aromatic heterocycles. The maximum Gasteiger partial charge on any atom is 0.322 e. The van der Waals surface area contributed by atoms with Gasteiger partial charge in [-0.15, -0.1) is 0 Å². The van der Waals surface area contributed by atoms with Gasteiger partial charge in [0.2, 0.25) is 5.91 Å². The van der Waals surface area contributed by atoms with Gasteiger partial charge in [-0.25, -0.2) is 0 Å². The van der Waals surface area contributed by atoms with E-state index in [2.05, 4.69) is 26.1 Å². The molecule has 1 fully saturated rings. The Morgan fingerprint density at radius 3 is 1.91 bits per heavy atom. The highest BCUT2D eigenvalue weighted by Gasteiger charge is 2.61. The maximum atomic E-state index is 11.9. The molecule has 0 unspecified atom stereocenters. The first-order valence-corrected chi connectivity index (χ1v) is 10.5. The number of rotatable bonds is 6. The Hall–Kier alpha value is -1.41. The van der Waals surface area contributed by atoms with Gasteiger partial charge in [-0.3, -0.25) is 14.4 Å². The number of hydrogen-bond acceptors (Lipinski definition) is 4. The van der Waals surface area contributed by atoms with Gasteiger partial charge in [0.15, 0.2) is 13.7 Å². The van der Waals surface area contributed by atoms with Crippen molar-refractivity contribution in [3.63, 3.8) is 0 Å². The van der Waals surface area contributed by atoms with Crippen LogP contribution < -0.4 is 5.32 Å². The summed E-state index contributed by atoms with van der Waals surface area (Å²) in [6, 6.07) is -0.996. The van der Waals surface area contributed by atoms with Gasteiger partial charge in [0.05, 0.1) is 18.1 Å². The van der Waals surface area contributed by atoms with Gasteiger partial charge in [0.25, 0.3) is 0 Å². The molecule has 1 amide bonds. The Kier molecular flexibility index (Phi) is 5.04. The molecule has 4 atom stereocenters. The summed E-state index contributed by atoms with van der Waals surface area (Å²) in [6.45, 7) is 13.1. The molecular formula is C15H27NO6Si. The fraction of sp³-hybridized carbons (Fsp3) is 0.800. The van der Waals surface area contributed by atoms with Crippen LogP contribution in [0.25, 0.3) is 0 Å². The van der Waals surface area contributed by atoms with E-state index in [0.29, 0.717) is 0 Å². The van der Waals surface area contributed by atoms with Crippen LogP contribution >= 0.6 is 0 Å². The molecule has 132 valence electrons. The highest BCUT2D eigenvalue weighted by molar-refractivity contribution is 6.74. The van der Waals surface area contributed by atoms with E-state index in [4.69, 9.17) is 4.43 Å². The molecule has 0 aromatic carbocycles. The zero-order valence-corrected chi connectivity index (χ0v) is 15.8. The van der Waals surface area contributed by atoms with Crippen molar-refractivity contribution in [2.45, 2.75) is 64.9 Å². The van der Waals surface area contributed by atoms with Crippen molar-refractivity contribution < 1.29 is 29.0 Å². The molecular weight excluding hydrogens is 319 g/mol. The van der Waals surface area contributed by atoms with Crippen molar-refractivity contribution in [1.29, 1.82) is 0 Å². The van der Waals surface area contributed by atoms with Gasteiger partial charge in [-0.1, -0.05) is 20.8 Å². The first-order chi connectivity index (χ1) is 10.2. The second kappa shape index (κ2) is 5.90. The van der Waals surface area contributed by atoms with Gasteiger partial charge in [-0.2, -0.15) is 0 Å². The fourth-order valence-electron chi connectivity index (χ4n) is 2.45. The molecule has 7 nitrogen and oxygen atoms in total. The summed E-state index contributed by atoms with van der Waals surface area (Å²) in [5, 5.41) is 21.0. The van der Waals surface area contributed by atoms with Gasteiger partial charge in [0, 0.05) is 0 Å². The predicted octanol–water partition coefficient (Wildman–Crippen LogP) is 1.69. The smallest absolute Gasteiger partial charge is 0.322 e. The van der Waals surface area contributed by atoms with Crippen molar-refractivity contribution in [2.24, 2.45) is 11.3 Å². The molecule has 0 aromatic rings. The molecule has 1 aliphatic heterocycles. The minimum absolute atomic E-state index is 0.0696. The number of β-lactam (4-membered cyclic amide) rings is 1. The lowest BCUT2D eigenvalue weighted by Gasteiger charge is -2.48. The van der Waals surface area contributed by atoms with Gasteiger partial charge >= 0.3 is 11.9 Å². The Morgan fingerprint density at radius 2 is 1.61 bits per heavy atom. The van der Waals surface area contributed by atoms with E-state index >= 15 is 0 Å². The molecule has 3 N–H and O–H groups in total. The zero-order valence-electron chi connectivity index (χ0n) is 14.8. The normalized spacial score (nSPS) is 25.8. The van der Waals surface area contributed by atoms with Gasteiger partial charge in [-0.05, 0) is 32.0 Å². The highest BCUT2D eigenvalue weighted by atomic mass is 28.4. The summed E-state index contributed by atoms with van der Waals surface area (Å²) < 4.78 is 6.15. The summed E-state index contributed by atoms with van der Waals surface area (Å²) in [7, 11) is -2.16. The summed E-state index contributed by atoms with van der Waals surface area (Å²) in [4.78, 5) is 34.9. The molecule has 1 aliphatic rings. The number of nitrogens with one attached hydrogen (secondary N) is 1. The lowest BCUT2D eigenvalue weighted by molar-refractivity contribution is -0.173. The topological polar surface area (TPSA) is 113 Å². The lowest BCUT2D eigenvalue weighted by Crippen LogP contribution is -2.72. The molecule has 0 bridgehead atoms. The number of carbonyl (C=O) groups is 3. The van der Waals surface area contributed by atoms with Crippen LogP contribution in [-0.2, 0) is 18.8 Å². The Labute approximate surface area is 137 Å². The summed E-state index contributed by atoms with van der Waals surface area (Å²) in [6.07, 6.45) is -0.548. The molecule has 1 saturated heterocycles. The summed E-state index contributed by atoms with van der Waals surface area (Å²) in [5.74, 6) is -4.10. The number of aliphatic carboxylic acids is 2. The Bertz CT molecular complexity index is 511. The molecule has 0 aliphatic carbocycles. The molecule has 1 rings (SSSR count). The molecule has 0 spiro atoms. The molecule has 23 heavy (non-hydrogen) atoms. The lowest BCUT2D eigenvalue weighted by atomic mass is 9.73. The first kappa shape index (κ1) is 19.6. The number of hydrogen-bond donors (Lipinski definition) is 3. The average molecular weight is 346 g/mol. The van der Waals surface area contributed by atoms with Crippen molar-refractivity contribution >= 4 is 26.2 Å². The number of carboxylic acid groups (broad SMARTS) is 2. The minimum Gasteiger partial charge on any atom is -0.480 e. The first-order valence-electron chi connectivity index (χ1n) is 7.61. The largest absolute Gasteiger partial charge is 0.480 e. The third kappa shape index (κ3) is 3.28. The van der Waals surface area contributed by atoms with Crippen LogP contribution in [0.15, 0.2) is 0 Å². The van der Waals surface area contributed by atoms with Crippen molar-refractivity contribution in [1.82, 2.24) is 5.32 Å². The minimum atomic E-state index is -2.16. The molecule has 1 heterocycles. The average Bonchev–Trinajstić information content (AvgIpc) is 2.31. The number of amides is 1. The molecule has 0 saturated carbocycles.